The standard InChI is InChI=1S/C15H17N3O3/c1-2-21-15(20)18-8-6-17(7-9-18)14(19)13-5-3-4-12(10-13)11-16/h3-5,10H,2,6-9H2,1H3. The minimum atomic E-state index is -0.337. The van der Waals surface area contributed by atoms with E-state index in [0.717, 1.165) is 0 Å². The van der Waals surface area contributed by atoms with Gasteiger partial charge in [-0.3, -0.25) is 4.79 Å². The quantitative estimate of drug-likeness (QED) is 0.825. The molecule has 0 unspecified atom stereocenters. The third-order valence-electron chi connectivity index (χ3n) is 3.33. The van der Waals surface area contributed by atoms with Crippen molar-refractivity contribution in [3.63, 3.8) is 0 Å². The molecule has 1 aliphatic heterocycles. The van der Waals surface area contributed by atoms with Gasteiger partial charge in [-0.15, -0.1) is 0 Å². The first-order chi connectivity index (χ1) is 10.2. The minimum Gasteiger partial charge on any atom is -0.450 e. The van der Waals surface area contributed by atoms with E-state index in [1.165, 1.54) is 0 Å². The van der Waals surface area contributed by atoms with Gasteiger partial charge in [0, 0.05) is 31.7 Å². The molecule has 1 aliphatic rings. The smallest absolute Gasteiger partial charge is 0.409 e. The van der Waals surface area contributed by atoms with Crippen molar-refractivity contribution in [2.45, 2.75) is 6.92 Å². The maximum absolute atomic E-state index is 12.4. The van der Waals surface area contributed by atoms with E-state index in [9.17, 15) is 9.59 Å². The Hall–Kier alpha value is -2.55. The second-order valence-corrected chi connectivity index (χ2v) is 4.67. The van der Waals surface area contributed by atoms with E-state index in [-0.39, 0.29) is 12.0 Å². The van der Waals surface area contributed by atoms with Crippen LogP contribution < -0.4 is 0 Å². The number of hydrogen-bond acceptors (Lipinski definition) is 4. The summed E-state index contributed by atoms with van der Waals surface area (Å²) in [5, 5.41) is 8.87. The molecule has 1 aromatic rings. The lowest BCUT2D eigenvalue weighted by Gasteiger charge is -2.34. The number of rotatable bonds is 2. The van der Waals surface area contributed by atoms with Gasteiger partial charge in [0.05, 0.1) is 18.2 Å². The number of carbonyl (C=O) groups excluding carboxylic acids is 2. The van der Waals surface area contributed by atoms with Gasteiger partial charge in [-0.25, -0.2) is 4.79 Å². The van der Waals surface area contributed by atoms with Gasteiger partial charge in [-0.1, -0.05) is 6.07 Å². The Morgan fingerprint density at radius 3 is 2.52 bits per heavy atom. The number of piperazine rings is 1. The summed E-state index contributed by atoms with van der Waals surface area (Å²) in [4.78, 5) is 27.2. The van der Waals surface area contributed by atoms with Crippen LogP contribution in [-0.4, -0.2) is 54.6 Å². The number of ether oxygens (including phenoxy) is 1. The molecule has 0 aliphatic carbocycles. The fourth-order valence-corrected chi connectivity index (χ4v) is 2.21. The summed E-state index contributed by atoms with van der Waals surface area (Å²) in [5.41, 5.74) is 0.963. The lowest BCUT2D eigenvalue weighted by atomic mass is 10.1. The highest BCUT2D eigenvalue weighted by Gasteiger charge is 2.25. The highest BCUT2D eigenvalue weighted by molar-refractivity contribution is 5.94. The molecular formula is C15H17N3O3. The Balaban J connectivity index is 1.97. The second kappa shape index (κ2) is 6.75. The number of nitriles is 1. The zero-order chi connectivity index (χ0) is 15.2. The van der Waals surface area contributed by atoms with Crippen molar-refractivity contribution in [1.29, 1.82) is 5.26 Å². The van der Waals surface area contributed by atoms with Gasteiger partial charge in [0.25, 0.3) is 5.91 Å². The molecule has 6 nitrogen and oxygen atoms in total. The summed E-state index contributed by atoms with van der Waals surface area (Å²) in [6.45, 7) is 3.96. The fourth-order valence-electron chi connectivity index (χ4n) is 2.21. The molecule has 1 aromatic carbocycles. The van der Waals surface area contributed by atoms with Gasteiger partial charge >= 0.3 is 6.09 Å². The van der Waals surface area contributed by atoms with E-state index in [1.807, 2.05) is 6.07 Å². The van der Waals surface area contributed by atoms with E-state index >= 15 is 0 Å². The summed E-state index contributed by atoms with van der Waals surface area (Å²) in [5.74, 6) is -0.115. The van der Waals surface area contributed by atoms with Crippen molar-refractivity contribution in [1.82, 2.24) is 9.80 Å². The zero-order valence-electron chi connectivity index (χ0n) is 11.9. The summed E-state index contributed by atoms with van der Waals surface area (Å²) in [7, 11) is 0. The Kier molecular flexibility index (Phi) is 4.77. The summed E-state index contributed by atoms with van der Waals surface area (Å²) >= 11 is 0. The van der Waals surface area contributed by atoms with Crippen LogP contribution in [0.25, 0.3) is 0 Å². The first-order valence-electron chi connectivity index (χ1n) is 6.87. The second-order valence-electron chi connectivity index (χ2n) is 4.67. The molecule has 21 heavy (non-hydrogen) atoms. The molecule has 0 N–H and O–H groups in total. The van der Waals surface area contributed by atoms with Crippen LogP contribution in [0.3, 0.4) is 0 Å². The predicted molar refractivity (Wildman–Crippen MR) is 75.7 cm³/mol. The fraction of sp³-hybridized carbons (Fsp3) is 0.400. The average Bonchev–Trinajstić information content (AvgIpc) is 2.54. The van der Waals surface area contributed by atoms with E-state index in [2.05, 4.69) is 0 Å². The van der Waals surface area contributed by atoms with Crippen LogP contribution in [0, 0.1) is 11.3 Å². The largest absolute Gasteiger partial charge is 0.450 e. The van der Waals surface area contributed by atoms with Gasteiger partial charge in [0.2, 0.25) is 0 Å². The van der Waals surface area contributed by atoms with Gasteiger partial charge in [-0.2, -0.15) is 5.26 Å². The zero-order valence-corrected chi connectivity index (χ0v) is 11.9. The Morgan fingerprint density at radius 2 is 1.90 bits per heavy atom. The Bertz CT molecular complexity index is 572. The molecule has 0 saturated carbocycles. The first kappa shape index (κ1) is 14.9. The van der Waals surface area contributed by atoms with Crippen LogP contribution in [0.1, 0.15) is 22.8 Å². The molecule has 2 rings (SSSR count). The van der Waals surface area contributed by atoms with E-state index in [0.29, 0.717) is 43.9 Å². The highest BCUT2D eigenvalue weighted by atomic mass is 16.6. The van der Waals surface area contributed by atoms with E-state index in [4.69, 9.17) is 10.00 Å². The van der Waals surface area contributed by atoms with Crippen molar-refractivity contribution in [2.24, 2.45) is 0 Å². The van der Waals surface area contributed by atoms with Crippen LogP contribution in [-0.2, 0) is 4.74 Å². The van der Waals surface area contributed by atoms with Gasteiger partial charge in [-0.05, 0) is 25.1 Å². The molecule has 0 spiro atoms. The van der Waals surface area contributed by atoms with Crippen LogP contribution in [0.5, 0.6) is 0 Å². The van der Waals surface area contributed by atoms with Crippen molar-refractivity contribution < 1.29 is 14.3 Å². The lowest BCUT2D eigenvalue weighted by Crippen LogP contribution is -2.50. The van der Waals surface area contributed by atoms with Gasteiger partial charge in [0.15, 0.2) is 0 Å². The lowest BCUT2D eigenvalue weighted by molar-refractivity contribution is 0.0570. The molecule has 1 fully saturated rings. The predicted octanol–water partition coefficient (Wildman–Crippen LogP) is 1.47. The normalized spacial score (nSPS) is 14.5. The van der Waals surface area contributed by atoms with Crippen molar-refractivity contribution in [2.75, 3.05) is 32.8 Å². The summed E-state index contributed by atoms with van der Waals surface area (Å²) < 4.78 is 4.94. The first-order valence-corrected chi connectivity index (χ1v) is 6.87. The topological polar surface area (TPSA) is 73.6 Å². The Labute approximate surface area is 123 Å². The van der Waals surface area contributed by atoms with Crippen LogP contribution >= 0.6 is 0 Å². The number of amides is 2. The van der Waals surface area contributed by atoms with Gasteiger partial charge < -0.3 is 14.5 Å². The SMILES string of the molecule is CCOC(=O)N1CCN(C(=O)c2cccc(C#N)c2)CC1. The monoisotopic (exact) mass is 287 g/mol. The maximum atomic E-state index is 12.4. The number of benzene rings is 1. The van der Waals surface area contributed by atoms with E-state index in [1.54, 1.807) is 41.0 Å². The molecule has 1 saturated heterocycles. The summed E-state index contributed by atoms with van der Waals surface area (Å²) in [6.07, 6.45) is -0.337. The van der Waals surface area contributed by atoms with E-state index < -0.39 is 0 Å². The molecule has 0 aromatic heterocycles. The molecule has 6 heteroatoms. The van der Waals surface area contributed by atoms with Crippen molar-refractivity contribution >= 4 is 12.0 Å². The third kappa shape index (κ3) is 3.51. The molecule has 0 bridgehead atoms. The van der Waals surface area contributed by atoms with Crippen molar-refractivity contribution in [3.05, 3.63) is 35.4 Å². The van der Waals surface area contributed by atoms with Crippen LogP contribution in [0.4, 0.5) is 4.79 Å². The molecular weight excluding hydrogens is 270 g/mol. The Morgan fingerprint density at radius 1 is 1.24 bits per heavy atom. The molecule has 110 valence electrons. The molecule has 0 radical (unpaired) electrons. The minimum absolute atomic E-state index is 0.115. The van der Waals surface area contributed by atoms with Crippen LogP contribution in [0.15, 0.2) is 24.3 Å². The number of nitrogens with zero attached hydrogens (tertiary/aromatic N) is 3. The number of carbonyl (C=O) groups is 2. The maximum Gasteiger partial charge on any atom is 0.409 e. The number of hydrogen-bond donors (Lipinski definition) is 0. The molecule has 1 heterocycles. The third-order valence-corrected chi connectivity index (χ3v) is 3.33. The summed E-state index contributed by atoms with van der Waals surface area (Å²) in [6, 6.07) is 8.66. The van der Waals surface area contributed by atoms with Crippen LogP contribution in [0.2, 0.25) is 0 Å². The van der Waals surface area contributed by atoms with Gasteiger partial charge in [0.1, 0.15) is 0 Å². The molecule has 2 amide bonds. The highest BCUT2D eigenvalue weighted by Crippen LogP contribution is 2.11. The van der Waals surface area contributed by atoms with Crippen molar-refractivity contribution in [3.8, 4) is 6.07 Å². The average molecular weight is 287 g/mol. The molecule has 0 atom stereocenters.